The topological polar surface area (TPSA) is 47.6 Å². The first-order valence-electron chi connectivity index (χ1n) is 5.19. The number of carbonyl (C=O) groups is 1. The van der Waals surface area contributed by atoms with E-state index in [9.17, 15) is 4.79 Å². The minimum Gasteiger partial charge on any atom is -0.497 e. The largest absolute Gasteiger partial charge is 0.497 e. The Hall–Kier alpha value is -1.23. The van der Waals surface area contributed by atoms with Gasteiger partial charge in [0, 0.05) is 5.56 Å². The Bertz CT molecular complexity index is 395. The van der Waals surface area contributed by atoms with E-state index in [1.807, 2.05) is 25.1 Å². The standard InChI is InChI=1S/C12H16BrNO3/c1-8(14-12(15)7-13)10-6-9(16-2)4-5-11(10)17-3/h4-6,8H,7H2,1-3H3,(H,14,15). The molecule has 1 rings (SSSR count). The zero-order valence-electron chi connectivity index (χ0n) is 10.1. The molecular formula is C12H16BrNO3. The van der Waals surface area contributed by atoms with E-state index in [2.05, 4.69) is 21.2 Å². The average molecular weight is 302 g/mol. The van der Waals surface area contributed by atoms with Gasteiger partial charge >= 0.3 is 0 Å². The number of nitrogens with one attached hydrogen (secondary N) is 1. The van der Waals surface area contributed by atoms with Gasteiger partial charge < -0.3 is 14.8 Å². The number of ether oxygens (including phenoxy) is 2. The summed E-state index contributed by atoms with van der Waals surface area (Å²) in [6.07, 6.45) is 0. The molecule has 0 radical (unpaired) electrons. The predicted octanol–water partition coefficient (Wildman–Crippen LogP) is 2.28. The third kappa shape index (κ3) is 3.63. The lowest BCUT2D eigenvalue weighted by molar-refractivity contribution is -0.119. The van der Waals surface area contributed by atoms with E-state index in [1.165, 1.54) is 0 Å². The Labute approximate surface area is 109 Å². The first kappa shape index (κ1) is 13.8. The molecule has 1 aromatic carbocycles. The molecule has 0 heterocycles. The first-order valence-corrected chi connectivity index (χ1v) is 6.31. The lowest BCUT2D eigenvalue weighted by Gasteiger charge is -2.17. The Kier molecular flexibility index (Phi) is 5.28. The molecule has 0 aliphatic heterocycles. The van der Waals surface area contributed by atoms with E-state index in [1.54, 1.807) is 14.2 Å². The van der Waals surface area contributed by atoms with Crippen molar-refractivity contribution < 1.29 is 14.3 Å². The van der Waals surface area contributed by atoms with Crippen LogP contribution < -0.4 is 14.8 Å². The van der Waals surface area contributed by atoms with Gasteiger partial charge in [0.25, 0.3) is 0 Å². The van der Waals surface area contributed by atoms with Crippen LogP contribution in [0.2, 0.25) is 0 Å². The maximum Gasteiger partial charge on any atom is 0.231 e. The molecule has 5 heteroatoms. The Balaban J connectivity index is 2.96. The second kappa shape index (κ2) is 6.49. The number of hydrogen-bond donors (Lipinski definition) is 1. The quantitative estimate of drug-likeness (QED) is 0.849. The molecule has 1 unspecified atom stereocenters. The number of rotatable bonds is 5. The third-order valence-electron chi connectivity index (χ3n) is 2.40. The van der Waals surface area contributed by atoms with Crippen LogP contribution in [0, 0.1) is 0 Å². The van der Waals surface area contributed by atoms with Crippen molar-refractivity contribution in [2.75, 3.05) is 19.5 Å². The van der Waals surface area contributed by atoms with Crippen LogP contribution in [0.15, 0.2) is 18.2 Å². The van der Waals surface area contributed by atoms with Crippen molar-refractivity contribution >= 4 is 21.8 Å². The molecule has 0 aromatic heterocycles. The fourth-order valence-corrected chi connectivity index (χ4v) is 1.70. The molecule has 0 aliphatic rings. The summed E-state index contributed by atoms with van der Waals surface area (Å²) in [5, 5.41) is 3.13. The molecular weight excluding hydrogens is 286 g/mol. The van der Waals surface area contributed by atoms with E-state index >= 15 is 0 Å². The number of benzene rings is 1. The molecule has 0 aliphatic carbocycles. The molecule has 17 heavy (non-hydrogen) atoms. The van der Waals surface area contributed by atoms with Crippen molar-refractivity contribution in [3.63, 3.8) is 0 Å². The van der Waals surface area contributed by atoms with Gasteiger partial charge in [0.2, 0.25) is 5.91 Å². The fourth-order valence-electron chi connectivity index (χ4n) is 1.54. The summed E-state index contributed by atoms with van der Waals surface area (Å²) in [5.41, 5.74) is 0.890. The molecule has 1 N–H and O–H groups in total. The molecule has 0 saturated carbocycles. The van der Waals surface area contributed by atoms with Gasteiger partial charge in [-0.1, -0.05) is 15.9 Å². The highest BCUT2D eigenvalue weighted by molar-refractivity contribution is 9.09. The van der Waals surface area contributed by atoms with Crippen LogP contribution in [-0.4, -0.2) is 25.5 Å². The number of alkyl halides is 1. The molecule has 4 nitrogen and oxygen atoms in total. The van der Waals surface area contributed by atoms with Crippen molar-refractivity contribution in [3.05, 3.63) is 23.8 Å². The van der Waals surface area contributed by atoms with Crippen molar-refractivity contribution in [1.29, 1.82) is 0 Å². The Morgan fingerprint density at radius 1 is 1.41 bits per heavy atom. The van der Waals surface area contributed by atoms with Crippen LogP contribution in [0.4, 0.5) is 0 Å². The number of halogens is 1. The summed E-state index contributed by atoms with van der Waals surface area (Å²) in [7, 11) is 3.21. The smallest absolute Gasteiger partial charge is 0.231 e. The first-order chi connectivity index (χ1) is 8.12. The van der Waals surface area contributed by atoms with Crippen LogP contribution in [0.25, 0.3) is 0 Å². The molecule has 0 spiro atoms. The summed E-state index contributed by atoms with van der Waals surface area (Å²) in [6.45, 7) is 1.90. The van der Waals surface area contributed by atoms with Crippen molar-refractivity contribution in [2.45, 2.75) is 13.0 Å². The van der Waals surface area contributed by atoms with Crippen molar-refractivity contribution in [3.8, 4) is 11.5 Å². The minimum absolute atomic E-state index is 0.0672. The van der Waals surface area contributed by atoms with Gasteiger partial charge in [-0.3, -0.25) is 4.79 Å². The second-order valence-corrected chi connectivity index (χ2v) is 4.09. The second-order valence-electron chi connectivity index (χ2n) is 3.53. The zero-order chi connectivity index (χ0) is 12.8. The molecule has 1 atom stereocenters. The Morgan fingerprint density at radius 2 is 2.12 bits per heavy atom. The molecule has 1 aromatic rings. The van der Waals surface area contributed by atoms with Crippen LogP contribution in [0.1, 0.15) is 18.5 Å². The number of methoxy groups -OCH3 is 2. The zero-order valence-corrected chi connectivity index (χ0v) is 11.7. The maximum atomic E-state index is 11.3. The van der Waals surface area contributed by atoms with Gasteiger partial charge in [0.1, 0.15) is 11.5 Å². The molecule has 94 valence electrons. The van der Waals surface area contributed by atoms with Gasteiger partial charge in [0.15, 0.2) is 0 Å². The van der Waals surface area contributed by atoms with Crippen LogP contribution in [-0.2, 0) is 4.79 Å². The van der Waals surface area contributed by atoms with E-state index in [0.29, 0.717) is 0 Å². The van der Waals surface area contributed by atoms with E-state index in [-0.39, 0.29) is 17.3 Å². The summed E-state index contributed by atoms with van der Waals surface area (Å²) < 4.78 is 10.4. The summed E-state index contributed by atoms with van der Waals surface area (Å²) in [6, 6.07) is 5.37. The van der Waals surface area contributed by atoms with E-state index in [4.69, 9.17) is 9.47 Å². The van der Waals surface area contributed by atoms with Crippen LogP contribution >= 0.6 is 15.9 Å². The molecule has 0 saturated heterocycles. The monoisotopic (exact) mass is 301 g/mol. The lowest BCUT2D eigenvalue weighted by atomic mass is 10.1. The van der Waals surface area contributed by atoms with Crippen molar-refractivity contribution in [2.24, 2.45) is 0 Å². The summed E-state index contributed by atoms with van der Waals surface area (Å²) in [4.78, 5) is 11.3. The molecule has 0 bridgehead atoms. The fraction of sp³-hybridized carbons (Fsp3) is 0.417. The molecule has 1 amide bonds. The van der Waals surface area contributed by atoms with E-state index in [0.717, 1.165) is 17.1 Å². The number of hydrogen-bond acceptors (Lipinski definition) is 3. The van der Waals surface area contributed by atoms with Gasteiger partial charge in [-0.15, -0.1) is 0 Å². The van der Waals surface area contributed by atoms with Gasteiger partial charge in [-0.05, 0) is 25.1 Å². The van der Waals surface area contributed by atoms with Crippen LogP contribution in [0.5, 0.6) is 11.5 Å². The highest BCUT2D eigenvalue weighted by atomic mass is 79.9. The normalized spacial score (nSPS) is 11.8. The van der Waals surface area contributed by atoms with E-state index < -0.39 is 0 Å². The predicted molar refractivity (Wildman–Crippen MR) is 69.9 cm³/mol. The highest BCUT2D eigenvalue weighted by Crippen LogP contribution is 2.29. The average Bonchev–Trinajstić information content (AvgIpc) is 2.37. The molecule has 0 fully saturated rings. The lowest BCUT2D eigenvalue weighted by Crippen LogP contribution is -2.27. The minimum atomic E-state index is -0.134. The number of amides is 1. The third-order valence-corrected chi connectivity index (χ3v) is 2.91. The summed E-state index contributed by atoms with van der Waals surface area (Å²) in [5.74, 6) is 1.40. The van der Waals surface area contributed by atoms with Gasteiger partial charge in [-0.25, -0.2) is 0 Å². The maximum absolute atomic E-state index is 11.3. The highest BCUT2D eigenvalue weighted by Gasteiger charge is 2.14. The van der Waals surface area contributed by atoms with Gasteiger partial charge in [-0.2, -0.15) is 0 Å². The Morgan fingerprint density at radius 3 is 2.65 bits per heavy atom. The van der Waals surface area contributed by atoms with Gasteiger partial charge in [0.05, 0.1) is 25.6 Å². The van der Waals surface area contributed by atoms with Crippen molar-refractivity contribution in [1.82, 2.24) is 5.32 Å². The number of carbonyl (C=O) groups excluding carboxylic acids is 1. The SMILES string of the molecule is COc1ccc(OC)c(C(C)NC(=O)CBr)c1. The summed E-state index contributed by atoms with van der Waals surface area (Å²) >= 11 is 3.11. The van der Waals surface area contributed by atoms with Crippen LogP contribution in [0.3, 0.4) is 0 Å².